The lowest BCUT2D eigenvalue weighted by molar-refractivity contribution is -0.165. The highest BCUT2D eigenvalue weighted by molar-refractivity contribution is 9.09. The summed E-state index contributed by atoms with van der Waals surface area (Å²) < 4.78 is 121. The minimum absolute atomic E-state index is 0. The number of alkyl halides is 1. The molecule has 4 aliphatic heterocycles. The molecule has 4 aliphatic rings. The number of halogens is 1. The Kier molecular flexibility index (Phi) is 65.5. The highest BCUT2D eigenvalue weighted by Gasteiger charge is 2.18. The van der Waals surface area contributed by atoms with Crippen LogP contribution in [-0.2, 0) is 61.8 Å². The number of para-hydroxylation sites is 7. The summed E-state index contributed by atoms with van der Waals surface area (Å²) in [7, 11) is 3.65. The number of hydrogen-bond acceptors (Lipinski definition) is 26. The molecule has 0 saturated carbocycles. The second-order valence-corrected chi connectivity index (χ2v) is 27.9. The first-order chi connectivity index (χ1) is 67.2. The molecule has 7 aromatic rings. The number of aromatic hydroxyl groups is 2. The van der Waals surface area contributed by atoms with Crippen molar-refractivity contribution in [3.05, 3.63) is 262 Å². The number of rotatable bonds is 39. The molecular weight excluding hydrogens is 1740 g/mol. The maximum absolute atomic E-state index is 11.1. The van der Waals surface area contributed by atoms with Gasteiger partial charge in [-0.2, -0.15) is 0 Å². The lowest BCUT2D eigenvalue weighted by atomic mass is 10.2. The van der Waals surface area contributed by atoms with Gasteiger partial charge in [0.1, 0.15) is 73.3 Å². The summed E-state index contributed by atoms with van der Waals surface area (Å²) in [6, 6.07) is 51.7. The van der Waals surface area contributed by atoms with E-state index in [1.165, 1.54) is 63.9 Å². The molecule has 30 heteroatoms. The second kappa shape index (κ2) is 79.0. The van der Waals surface area contributed by atoms with Crippen LogP contribution in [0.25, 0.3) is 53.0 Å². The van der Waals surface area contributed by atoms with Crippen molar-refractivity contribution in [1.29, 1.82) is 0 Å². The number of carboxylic acid groups (broad SMARTS) is 1. The van der Waals surface area contributed by atoms with Gasteiger partial charge in [-0.05, 0) is 150 Å². The Labute approximate surface area is 787 Å². The number of carbonyl (C=O) groups is 3. The van der Waals surface area contributed by atoms with Crippen LogP contribution in [0.15, 0.2) is 218 Å². The number of benzene rings is 7. The highest BCUT2D eigenvalue weighted by atomic mass is 79.9. The zero-order chi connectivity index (χ0) is 101. The fourth-order valence-electron chi connectivity index (χ4n) is 11.4. The van der Waals surface area contributed by atoms with Crippen LogP contribution in [0.2, 0.25) is 0 Å². The molecule has 130 heavy (non-hydrogen) atoms. The van der Waals surface area contributed by atoms with E-state index in [0.29, 0.717) is 82.8 Å². The van der Waals surface area contributed by atoms with Crippen LogP contribution in [0.5, 0.6) is 40.2 Å². The summed E-state index contributed by atoms with van der Waals surface area (Å²) in [6.45, 7) is 10.5. The molecule has 4 atom stereocenters. The van der Waals surface area contributed by atoms with Crippen molar-refractivity contribution in [3.8, 4) is 40.2 Å². The number of aliphatic carboxylic acids is 1. The number of azide groups is 1. The Hall–Kier alpha value is -11.0. The summed E-state index contributed by atoms with van der Waals surface area (Å²) in [5.74, 6) is 2.23. The SMILES string of the molecule is BrCCOC1CCCCO1.C.CC/C=C/c1ccccc1OCCO.CO.COC(=O)/C=C/c1ccccc1O.COC(=O)/C=C/c1ccccc1OCCOC1CCCCO1.NC/C=C/c1ccccc1OCCO.O=C(O)/C=C/c1ccccc1O.OC/C=C/c1ccccc1OCCOC1CCCCO1.[3H][3H].[3H][3H].[3H][3H].[3H][3H].[N-]=[N+]=NC/C=C/c1ccccc1OCCOC1CCCCO1. The number of methoxy groups -OCH3 is 2. The van der Waals surface area contributed by atoms with Crippen LogP contribution in [0.3, 0.4) is 0 Å². The number of nitrogens with zero attached hydrogens (tertiary/aromatic N) is 3. The highest BCUT2D eigenvalue weighted by Crippen LogP contribution is 2.27. The van der Waals surface area contributed by atoms with Crippen LogP contribution in [0.4, 0.5) is 0 Å². The fourth-order valence-corrected chi connectivity index (χ4v) is 11.5. The summed E-state index contributed by atoms with van der Waals surface area (Å²) in [5.41, 5.74) is 19.5. The van der Waals surface area contributed by atoms with Crippen molar-refractivity contribution in [1.82, 2.24) is 0 Å². The fraction of sp³-hybridized carbons (Fsp3) is 0.410. The van der Waals surface area contributed by atoms with E-state index in [2.05, 4.69) is 48.4 Å². The van der Waals surface area contributed by atoms with E-state index in [9.17, 15) is 24.6 Å². The van der Waals surface area contributed by atoms with Gasteiger partial charge in [-0.3, -0.25) is 0 Å². The van der Waals surface area contributed by atoms with Crippen LogP contribution in [0.1, 0.15) is 149 Å². The van der Waals surface area contributed by atoms with Crippen molar-refractivity contribution < 1.29 is 133 Å². The molecule has 0 bridgehead atoms. The molecule has 9 N–H and O–H groups in total. The normalized spacial score (nSPS) is 15.8. The summed E-state index contributed by atoms with van der Waals surface area (Å²) in [6.07, 6.45) is 37.2. The molecule has 0 aliphatic carbocycles. The van der Waals surface area contributed by atoms with Gasteiger partial charge in [0.2, 0.25) is 0 Å². The van der Waals surface area contributed by atoms with Gasteiger partial charge in [0.05, 0.1) is 60.5 Å². The predicted molar refractivity (Wildman–Crippen MR) is 521 cm³/mol. The largest absolute Gasteiger partial charge is 0.507 e. The number of ether oxygens (including phenoxy) is 15. The molecule has 29 nitrogen and oxygen atoms in total. The van der Waals surface area contributed by atoms with Gasteiger partial charge in [-0.1, -0.05) is 211 Å². The molecule has 4 saturated heterocycles. The minimum atomic E-state index is -1.03. The standard InChI is InChI=1S/C17H22O5.C16H21N3O3.C16H22O4.C12H16O2.C11H15NO2.C10H10O3.C9H8O3.C7H13BrO2.CH4O.CH4.4H2/c1-19-16(18)10-9-14-6-2-3-7-15(14)20-12-13-22-17-8-4-5-11-21-17;17-19-18-10-5-7-14-6-1-2-8-15(14)20-12-13-22-16-9-3-4-11-21-16;17-10-5-7-14-6-1-2-8-15(14)18-12-13-20-16-9-3-4-11-19-16;1-2-3-6-11-7-4-5-8-12(11)14-10-9-13;12-7-3-5-10-4-1-2-6-11(10)14-9-8-13;1-13-10(12)7-6-8-4-2-3-5-9(8)11;10-8-4-2-1-3-7(8)5-6-9(11)12;8-4-6-10-7-3-1-2-5-9-7;1-2;;;;;/h2-3,6-7,9-10,17H,4-5,8,11-13H2,1H3;1-2,5-8,16H,3-4,9-13H2;1-2,5-8,16-17H,3-4,9-13H2;3-8,13H,2,9-10H2,1H3;1-6,13H,7-9,12H2;2-7,11H,1H3;1-6,10H,(H,11,12);7H,1-6H2;2H,1H3;1H4;4*1H/b10-9+;2*7-5+;6-3+;5-3+;7-6+;6-5+;;;;;;;/i;;;;;;;;;;4*1+2T. The number of aliphatic hydroxyl groups is 4. The van der Waals surface area contributed by atoms with Crippen molar-refractivity contribution >= 4 is 76.4 Å². The third kappa shape index (κ3) is 55.8. The molecule has 4 unspecified atom stereocenters. The zero-order valence-electron chi connectivity index (χ0n) is 82.5. The van der Waals surface area contributed by atoms with E-state index >= 15 is 0 Å². The maximum Gasteiger partial charge on any atom is 0.330 e. The third-order valence-corrected chi connectivity index (χ3v) is 17.9. The maximum atomic E-state index is 11.1. The number of esters is 2. The number of carboxylic acids is 1. The van der Waals surface area contributed by atoms with Crippen LogP contribution in [0, 0.1) is 0 Å². The number of allylic oxidation sites excluding steroid dienone is 1. The van der Waals surface area contributed by atoms with Crippen molar-refractivity contribution in [3.63, 3.8) is 0 Å². The Morgan fingerprint density at radius 2 is 0.738 bits per heavy atom. The van der Waals surface area contributed by atoms with Gasteiger partial charge >= 0.3 is 17.9 Å². The van der Waals surface area contributed by atoms with Crippen LogP contribution < -0.4 is 29.4 Å². The third-order valence-electron chi connectivity index (χ3n) is 17.6. The van der Waals surface area contributed by atoms with Crippen molar-refractivity contribution in [2.45, 2.75) is 123 Å². The van der Waals surface area contributed by atoms with E-state index in [1.54, 1.807) is 60.7 Å². The van der Waals surface area contributed by atoms with E-state index in [-0.39, 0.29) is 63.9 Å². The van der Waals surface area contributed by atoms with Gasteiger partial charge in [0.15, 0.2) is 25.2 Å². The van der Waals surface area contributed by atoms with Gasteiger partial charge in [0.25, 0.3) is 0 Å². The van der Waals surface area contributed by atoms with Crippen LogP contribution in [-0.4, -0.2) is 224 Å². The number of phenols is 2. The van der Waals surface area contributed by atoms with Gasteiger partial charge in [-0.15, -0.1) is 0 Å². The molecule has 4 heterocycles. The molecule has 4 fully saturated rings. The monoisotopic (exact) mass is 1890 g/mol. The Bertz CT molecular complexity index is 4320. The molecule has 0 spiro atoms. The topological polar surface area (TPSA) is 406 Å². The van der Waals surface area contributed by atoms with Gasteiger partial charge in [0, 0.05) is 126 Å². The Morgan fingerprint density at radius 1 is 0.438 bits per heavy atom. The first-order valence-corrected chi connectivity index (χ1v) is 44.1. The molecule has 11 rings (SSSR count). The first kappa shape index (κ1) is 108. The molecule has 0 aromatic heterocycles. The lowest BCUT2D eigenvalue weighted by Crippen LogP contribution is -2.24. The van der Waals surface area contributed by atoms with E-state index < -0.39 is 17.9 Å². The molecule has 720 valence electrons. The number of nitrogens with two attached hydrogens (primary N) is 1. The molecule has 0 radical (unpaired) electrons. The van der Waals surface area contributed by atoms with E-state index in [0.717, 1.165) is 167 Å². The molecular formula is C100H143BrN4O25. The summed E-state index contributed by atoms with van der Waals surface area (Å²) in [4.78, 5) is 34.7. The first-order valence-electron chi connectivity index (χ1n) is 46.9. The van der Waals surface area contributed by atoms with Crippen molar-refractivity contribution in [2.75, 3.05) is 145 Å². The predicted octanol–water partition coefficient (Wildman–Crippen LogP) is 19.1. The van der Waals surface area contributed by atoms with Crippen molar-refractivity contribution in [2.24, 2.45) is 10.8 Å². The summed E-state index contributed by atoms with van der Waals surface area (Å²) >= 11 is 3.30. The molecule has 0 amide bonds. The average molecular weight is 1900 g/mol. The quantitative estimate of drug-likeness (QED) is 0.00337. The number of aliphatic hydroxyl groups excluding tert-OH is 4. The van der Waals surface area contributed by atoms with Crippen LogP contribution >= 0.6 is 15.9 Å². The lowest BCUT2D eigenvalue weighted by Gasteiger charge is -2.22. The Balaban J connectivity index is -0.00000150. The average Bonchev–Trinajstić information content (AvgIpc) is 0.896. The van der Waals surface area contributed by atoms with Gasteiger partial charge in [-0.25, -0.2) is 14.4 Å². The van der Waals surface area contributed by atoms with Gasteiger partial charge < -0.3 is 113 Å². The smallest absolute Gasteiger partial charge is 0.330 e. The number of hydrogen-bond donors (Lipinski definition) is 8. The van der Waals surface area contributed by atoms with E-state index in [4.69, 9.17) is 110 Å². The molecule has 7 aromatic carbocycles. The van der Waals surface area contributed by atoms with E-state index in [1.807, 2.05) is 152 Å². The number of carbonyl (C=O) groups excluding carboxylic acids is 2. The second-order valence-electron chi connectivity index (χ2n) is 27.1. The minimum Gasteiger partial charge on any atom is -0.507 e. The zero-order valence-corrected chi connectivity index (χ0v) is 76.0. The number of phenolic OH excluding ortho intramolecular Hbond substituents is 2. The Morgan fingerprint density at radius 3 is 1.04 bits per heavy atom. The summed E-state index contributed by atoms with van der Waals surface area (Å²) in [5, 5.41) is 64.2.